The molecule has 1 aliphatic rings. The number of fused-ring (bicyclic) bond motifs is 1. The van der Waals surface area contributed by atoms with Crippen molar-refractivity contribution in [2.45, 2.75) is 25.4 Å². The van der Waals surface area contributed by atoms with Crippen LogP contribution in [0.5, 0.6) is 0 Å². The van der Waals surface area contributed by atoms with E-state index in [1.54, 1.807) is 18.6 Å². The normalized spacial score (nSPS) is 16.4. The third kappa shape index (κ3) is 2.90. The first-order valence-corrected chi connectivity index (χ1v) is 7.98. The van der Waals surface area contributed by atoms with Gasteiger partial charge >= 0.3 is 0 Å². The third-order valence-corrected chi connectivity index (χ3v) is 4.22. The van der Waals surface area contributed by atoms with Gasteiger partial charge in [-0.25, -0.2) is 15.0 Å². The van der Waals surface area contributed by atoms with E-state index in [4.69, 9.17) is 0 Å². The molecule has 120 valence electrons. The molecular weight excluding hydrogens is 302 g/mol. The number of rotatable bonds is 3. The van der Waals surface area contributed by atoms with Gasteiger partial charge in [0.05, 0.1) is 5.56 Å². The van der Waals surface area contributed by atoms with Crippen molar-refractivity contribution in [1.29, 1.82) is 0 Å². The van der Waals surface area contributed by atoms with Crippen LogP contribution in [0, 0.1) is 0 Å². The van der Waals surface area contributed by atoms with E-state index in [9.17, 15) is 4.79 Å². The summed E-state index contributed by atoms with van der Waals surface area (Å²) in [5, 5.41) is 3.06. The molecule has 1 N–H and O–H groups in total. The van der Waals surface area contributed by atoms with Gasteiger partial charge in [0.2, 0.25) is 0 Å². The molecule has 0 fully saturated rings. The minimum absolute atomic E-state index is 0.105. The van der Waals surface area contributed by atoms with Gasteiger partial charge in [0, 0.05) is 49.4 Å². The van der Waals surface area contributed by atoms with Crippen molar-refractivity contribution in [2.75, 3.05) is 0 Å². The van der Waals surface area contributed by atoms with Crippen LogP contribution in [-0.4, -0.2) is 31.5 Å². The number of aryl methyl sites for hydroxylation is 1. The number of carbonyl (C=O) groups is 1. The van der Waals surface area contributed by atoms with Crippen molar-refractivity contribution in [3.8, 4) is 11.4 Å². The van der Waals surface area contributed by atoms with E-state index in [1.165, 1.54) is 0 Å². The molecule has 4 rings (SSSR count). The van der Waals surface area contributed by atoms with Crippen LogP contribution in [-0.2, 0) is 13.0 Å². The van der Waals surface area contributed by atoms with E-state index in [2.05, 4.69) is 24.8 Å². The Balaban J connectivity index is 1.44. The third-order valence-electron chi connectivity index (χ3n) is 4.22. The summed E-state index contributed by atoms with van der Waals surface area (Å²) in [6.07, 6.45) is 8.68. The minimum atomic E-state index is -0.136. The number of nitrogens with zero attached hydrogens (tertiary/aromatic N) is 4. The Morgan fingerprint density at radius 1 is 1.12 bits per heavy atom. The van der Waals surface area contributed by atoms with Crippen LogP contribution >= 0.6 is 0 Å². The van der Waals surface area contributed by atoms with Gasteiger partial charge in [0.25, 0.3) is 5.91 Å². The SMILES string of the molecule is O=C(NC1CCc2nccn2C1)c1cnc(-c2ccccc2)nc1. The van der Waals surface area contributed by atoms with E-state index < -0.39 is 0 Å². The van der Waals surface area contributed by atoms with Crippen LogP contribution in [0.15, 0.2) is 55.1 Å². The quantitative estimate of drug-likeness (QED) is 0.802. The Morgan fingerprint density at radius 2 is 1.92 bits per heavy atom. The topological polar surface area (TPSA) is 72.7 Å². The molecule has 0 radical (unpaired) electrons. The lowest BCUT2D eigenvalue weighted by Gasteiger charge is -2.24. The van der Waals surface area contributed by atoms with Gasteiger partial charge in [-0.15, -0.1) is 0 Å². The summed E-state index contributed by atoms with van der Waals surface area (Å²) in [5.74, 6) is 1.56. The maximum absolute atomic E-state index is 12.4. The van der Waals surface area contributed by atoms with Crippen molar-refractivity contribution < 1.29 is 4.79 Å². The lowest BCUT2D eigenvalue weighted by Crippen LogP contribution is -2.41. The van der Waals surface area contributed by atoms with E-state index in [0.29, 0.717) is 11.4 Å². The summed E-state index contributed by atoms with van der Waals surface area (Å²) in [5.41, 5.74) is 1.41. The zero-order valence-electron chi connectivity index (χ0n) is 13.1. The number of amides is 1. The van der Waals surface area contributed by atoms with Gasteiger partial charge in [0.1, 0.15) is 5.82 Å². The second kappa shape index (κ2) is 6.23. The Morgan fingerprint density at radius 3 is 2.71 bits per heavy atom. The van der Waals surface area contributed by atoms with Crippen molar-refractivity contribution in [3.63, 3.8) is 0 Å². The first-order chi connectivity index (χ1) is 11.8. The number of nitrogens with one attached hydrogen (secondary N) is 1. The summed E-state index contributed by atoms with van der Waals surface area (Å²) in [6.45, 7) is 0.754. The van der Waals surface area contributed by atoms with Crippen LogP contribution in [0.2, 0.25) is 0 Å². The monoisotopic (exact) mass is 319 g/mol. The highest BCUT2D eigenvalue weighted by atomic mass is 16.1. The summed E-state index contributed by atoms with van der Waals surface area (Å²) in [7, 11) is 0. The average Bonchev–Trinajstić information content (AvgIpc) is 3.10. The summed E-state index contributed by atoms with van der Waals surface area (Å²) in [4.78, 5) is 25.3. The van der Waals surface area contributed by atoms with Gasteiger partial charge < -0.3 is 9.88 Å². The molecule has 6 nitrogen and oxygen atoms in total. The van der Waals surface area contributed by atoms with E-state index in [1.807, 2.05) is 36.5 Å². The van der Waals surface area contributed by atoms with Crippen molar-refractivity contribution in [3.05, 3.63) is 66.5 Å². The van der Waals surface area contributed by atoms with Gasteiger partial charge in [0.15, 0.2) is 5.82 Å². The lowest BCUT2D eigenvalue weighted by atomic mass is 10.1. The number of hydrogen-bond donors (Lipinski definition) is 1. The van der Waals surface area contributed by atoms with E-state index in [-0.39, 0.29) is 11.9 Å². The molecule has 0 bridgehead atoms. The number of carbonyl (C=O) groups excluding carboxylic acids is 1. The maximum Gasteiger partial charge on any atom is 0.254 e. The zero-order chi connectivity index (χ0) is 16.4. The Kier molecular flexibility index (Phi) is 3.78. The van der Waals surface area contributed by atoms with Crippen LogP contribution in [0.4, 0.5) is 0 Å². The molecule has 0 saturated heterocycles. The smallest absolute Gasteiger partial charge is 0.254 e. The molecular formula is C18H17N5O. The molecule has 0 aliphatic carbocycles. The fourth-order valence-electron chi connectivity index (χ4n) is 2.93. The Labute approximate surface area is 139 Å². The number of hydrogen-bond acceptors (Lipinski definition) is 4. The number of aromatic nitrogens is 4. The van der Waals surface area contributed by atoms with Gasteiger partial charge in [-0.3, -0.25) is 4.79 Å². The van der Waals surface area contributed by atoms with E-state index in [0.717, 1.165) is 30.8 Å². The highest BCUT2D eigenvalue weighted by Gasteiger charge is 2.21. The standard InChI is InChI=1S/C18H17N5O/c24-18(22-15-6-7-16-19-8-9-23(16)12-15)14-10-20-17(21-11-14)13-4-2-1-3-5-13/h1-5,8-11,15H,6-7,12H2,(H,22,24). The maximum atomic E-state index is 12.4. The molecule has 3 heterocycles. The molecule has 0 saturated carbocycles. The van der Waals surface area contributed by atoms with Crippen LogP contribution in [0.1, 0.15) is 22.6 Å². The average molecular weight is 319 g/mol. The predicted octanol–water partition coefficient (Wildman–Crippen LogP) is 2.08. The Hall–Kier alpha value is -3.02. The molecule has 24 heavy (non-hydrogen) atoms. The van der Waals surface area contributed by atoms with Gasteiger partial charge in [-0.2, -0.15) is 0 Å². The molecule has 1 atom stereocenters. The van der Waals surface area contributed by atoms with Crippen LogP contribution in [0.3, 0.4) is 0 Å². The molecule has 1 unspecified atom stereocenters. The summed E-state index contributed by atoms with van der Waals surface area (Å²) in [6, 6.07) is 9.81. The molecule has 1 aromatic carbocycles. The molecule has 1 aliphatic heterocycles. The zero-order valence-corrected chi connectivity index (χ0v) is 13.1. The predicted molar refractivity (Wildman–Crippen MR) is 89.3 cm³/mol. The second-order valence-corrected chi connectivity index (χ2v) is 5.87. The first kappa shape index (κ1) is 14.6. The minimum Gasteiger partial charge on any atom is -0.347 e. The van der Waals surface area contributed by atoms with Crippen LogP contribution in [0.25, 0.3) is 11.4 Å². The lowest BCUT2D eigenvalue weighted by molar-refractivity contribution is 0.0927. The van der Waals surface area contributed by atoms with Gasteiger partial charge in [-0.05, 0) is 6.42 Å². The summed E-state index contributed by atoms with van der Waals surface area (Å²) >= 11 is 0. The molecule has 0 spiro atoms. The van der Waals surface area contributed by atoms with Crippen molar-refractivity contribution >= 4 is 5.91 Å². The highest BCUT2D eigenvalue weighted by Crippen LogP contribution is 2.15. The molecule has 3 aromatic rings. The largest absolute Gasteiger partial charge is 0.347 e. The molecule has 1 amide bonds. The van der Waals surface area contributed by atoms with Crippen molar-refractivity contribution in [2.24, 2.45) is 0 Å². The number of benzene rings is 1. The summed E-state index contributed by atoms with van der Waals surface area (Å²) < 4.78 is 2.09. The fraction of sp³-hybridized carbons (Fsp3) is 0.222. The van der Waals surface area contributed by atoms with Crippen LogP contribution < -0.4 is 5.32 Å². The highest BCUT2D eigenvalue weighted by molar-refractivity contribution is 5.93. The van der Waals surface area contributed by atoms with E-state index >= 15 is 0 Å². The van der Waals surface area contributed by atoms with Gasteiger partial charge in [-0.1, -0.05) is 30.3 Å². The Bertz CT molecular complexity index is 841. The second-order valence-electron chi connectivity index (χ2n) is 5.87. The first-order valence-electron chi connectivity index (χ1n) is 7.98. The number of imidazole rings is 1. The van der Waals surface area contributed by atoms with Crippen molar-refractivity contribution in [1.82, 2.24) is 24.8 Å². The molecule has 2 aromatic heterocycles. The fourth-order valence-corrected chi connectivity index (χ4v) is 2.93. The molecule has 6 heteroatoms.